The van der Waals surface area contributed by atoms with Crippen LogP contribution in [0.5, 0.6) is 0 Å². The molecule has 2 aromatic rings. The van der Waals surface area contributed by atoms with Crippen molar-refractivity contribution >= 4 is 11.0 Å². The van der Waals surface area contributed by atoms with Gasteiger partial charge in [0.05, 0.1) is 29.1 Å². The Morgan fingerprint density at radius 2 is 2.26 bits per heavy atom. The molecule has 1 atom stereocenters. The Kier molecular flexibility index (Phi) is 2.76. The van der Waals surface area contributed by atoms with E-state index >= 15 is 0 Å². The number of nitrogens with zero attached hydrogens (tertiary/aromatic N) is 3. The molecule has 1 fully saturated rings. The molecule has 5 heteroatoms. The third-order valence-corrected chi connectivity index (χ3v) is 3.75. The molecule has 3 rings (SSSR count). The van der Waals surface area contributed by atoms with Gasteiger partial charge in [-0.2, -0.15) is 5.26 Å². The molecule has 1 saturated carbocycles. The molecule has 0 radical (unpaired) electrons. The number of rotatable bonds is 2. The summed E-state index contributed by atoms with van der Waals surface area (Å²) >= 11 is 0. The highest BCUT2D eigenvalue weighted by atomic mass is 19.1. The van der Waals surface area contributed by atoms with Gasteiger partial charge >= 0.3 is 0 Å². The second-order valence-corrected chi connectivity index (χ2v) is 5.21. The lowest BCUT2D eigenvalue weighted by molar-refractivity contribution is 0.246. The lowest BCUT2D eigenvalue weighted by Gasteiger charge is -2.33. The van der Waals surface area contributed by atoms with Crippen molar-refractivity contribution in [3.63, 3.8) is 0 Å². The summed E-state index contributed by atoms with van der Waals surface area (Å²) in [5.41, 5.74) is 7.49. The first-order valence-electron chi connectivity index (χ1n) is 6.42. The average molecular weight is 258 g/mol. The maximum absolute atomic E-state index is 13.4. The number of hydrogen-bond acceptors (Lipinski definition) is 3. The zero-order valence-corrected chi connectivity index (χ0v) is 10.7. The summed E-state index contributed by atoms with van der Waals surface area (Å²) in [5.74, 6) is 0.583. The SMILES string of the molecule is CC(N)c1nc2ccc(F)cc2n1C1CC(C#N)C1. The van der Waals surface area contributed by atoms with Crippen LogP contribution in [0.25, 0.3) is 11.0 Å². The monoisotopic (exact) mass is 258 g/mol. The summed E-state index contributed by atoms with van der Waals surface area (Å²) in [4.78, 5) is 4.50. The van der Waals surface area contributed by atoms with Gasteiger partial charge in [-0.3, -0.25) is 0 Å². The predicted octanol–water partition coefficient (Wildman–Crippen LogP) is 2.67. The van der Waals surface area contributed by atoms with Crippen LogP contribution in [0.2, 0.25) is 0 Å². The van der Waals surface area contributed by atoms with Crippen molar-refractivity contribution in [3.05, 3.63) is 29.8 Å². The molecule has 0 amide bonds. The zero-order chi connectivity index (χ0) is 13.6. The second kappa shape index (κ2) is 4.32. The number of halogens is 1. The van der Waals surface area contributed by atoms with Crippen molar-refractivity contribution in [1.29, 1.82) is 5.26 Å². The van der Waals surface area contributed by atoms with Gasteiger partial charge in [-0.05, 0) is 38.0 Å². The second-order valence-electron chi connectivity index (χ2n) is 5.21. The average Bonchev–Trinajstić information content (AvgIpc) is 2.67. The van der Waals surface area contributed by atoms with Gasteiger partial charge in [0.25, 0.3) is 0 Å². The molecule has 1 aliphatic rings. The minimum Gasteiger partial charge on any atom is -0.323 e. The molecule has 4 nitrogen and oxygen atoms in total. The summed E-state index contributed by atoms with van der Waals surface area (Å²) in [6.45, 7) is 1.87. The van der Waals surface area contributed by atoms with E-state index in [0.717, 1.165) is 29.7 Å². The van der Waals surface area contributed by atoms with E-state index in [1.165, 1.54) is 12.1 Å². The Labute approximate surface area is 110 Å². The standard InChI is InChI=1S/C14H15FN4/c1-8(17)14-18-12-3-2-10(15)6-13(12)19(14)11-4-9(5-11)7-16/h2-3,6,8-9,11H,4-5,17H2,1H3. The van der Waals surface area contributed by atoms with Crippen LogP contribution in [0.15, 0.2) is 18.2 Å². The zero-order valence-electron chi connectivity index (χ0n) is 10.7. The van der Waals surface area contributed by atoms with Crippen LogP contribution in [0.1, 0.15) is 37.7 Å². The molecule has 0 spiro atoms. The molecule has 1 aromatic heterocycles. The summed E-state index contributed by atoms with van der Waals surface area (Å²) in [6, 6.07) is 6.83. The van der Waals surface area contributed by atoms with E-state index in [1.54, 1.807) is 6.07 Å². The normalized spacial score (nSPS) is 23.9. The van der Waals surface area contributed by atoms with Gasteiger partial charge in [0.2, 0.25) is 0 Å². The highest BCUT2D eigenvalue weighted by Gasteiger charge is 2.33. The number of fused-ring (bicyclic) bond motifs is 1. The fourth-order valence-corrected chi connectivity index (χ4v) is 2.69. The molecular formula is C14H15FN4. The summed E-state index contributed by atoms with van der Waals surface area (Å²) in [7, 11) is 0. The number of benzene rings is 1. The lowest BCUT2D eigenvalue weighted by atomic mass is 9.81. The van der Waals surface area contributed by atoms with Crippen molar-refractivity contribution in [2.45, 2.75) is 31.8 Å². The topological polar surface area (TPSA) is 67.6 Å². The van der Waals surface area contributed by atoms with Gasteiger partial charge in [0, 0.05) is 6.04 Å². The minimum atomic E-state index is -0.277. The minimum absolute atomic E-state index is 0.0944. The van der Waals surface area contributed by atoms with E-state index in [1.807, 2.05) is 11.5 Å². The van der Waals surface area contributed by atoms with E-state index in [2.05, 4.69) is 11.1 Å². The van der Waals surface area contributed by atoms with Gasteiger partial charge in [-0.15, -0.1) is 0 Å². The molecule has 0 saturated heterocycles. The molecule has 0 bridgehead atoms. The third-order valence-electron chi connectivity index (χ3n) is 3.75. The summed E-state index contributed by atoms with van der Waals surface area (Å²) < 4.78 is 15.4. The Balaban J connectivity index is 2.12. The number of aromatic nitrogens is 2. The van der Waals surface area contributed by atoms with Crippen molar-refractivity contribution in [3.8, 4) is 6.07 Å². The Morgan fingerprint density at radius 3 is 2.89 bits per heavy atom. The van der Waals surface area contributed by atoms with Gasteiger partial charge in [0.15, 0.2) is 0 Å². The van der Waals surface area contributed by atoms with Crippen molar-refractivity contribution in [2.24, 2.45) is 11.7 Å². The molecule has 2 N–H and O–H groups in total. The van der Waals surface area contributed by atoms with Crippen molar-refractivity contribution in [1.82, 2.24) is 9.55 Å². The van der Waals surface area contributed by atoms with Crippen molar-refractivity contribution in [2.75, 3.05) is 0 Å². The summed E-state index contributed by atoms with van der Waals surface area (Å²) in [6.07, 6.45) is 1.58. The van der Waals surface area contributed by atoms with Crippen LogP contribution in [-0.4, -0.2) is 9.55 Å². The highest BCUT2D eigenvalue weighted by Crippen LogP contribution is 2.40. The fraction of sp³-hybridized carbons (Fsp3) is 0.429. The first kappa shape index (κ1) is 12.1. The summed E-state index contributed by atoms with van der Waals surface area (Å²) in [5, 5.41) is 8.88. The van der Waals surface area contributed by atoms with Crippen LogP contribution in [-0.2, 0) is 0 Å². The van der Waals surface area contributed by atoms with E-state index in [0.29, 0.717) is 0 Å². The fourth-order valence-electron chi connectivity index (χ4n) is 2.69. The van der Waals surface area contributed by atoms with Gasteiger partial charge < -0.3 is 10.3 Å². The maximum atomic E-state index is 13.4. The molecule has 19 heavy (non-hydrogen) atoms. The Hall–Kier alpha value is -1.93. The van der Waals surface area contributed by atoms with E-state index in [-0.39, 0.29) is 23.8 Å². The number of hydrogen-bond donors (Lipinski definition) is 1. The van der Waals surface area contributed by atoms with Crippen LogP contribution in [0.3, 0.4) is 0 Å². The van der Waals surface area contributed by atoms with E-state index in [9.17, 15) is 4.39 Å². The number of nitrogens with two attached hydrogens (primary N) is 1. The molecule has 1 unspecified atom stereocenters. The smallest absolute Gasteiger partial charge is 0.126 e. The first-order chi connectivity index (χ1) is 9.10. The van der Waals surface area contributed by atoms with Crippen LogP contribution in [0.4, 0.5) is 4.39 Å². The van der Waals surface area contributed by atoms with E-state index in [4.69, 9.17) is 11.0 Å². The van der Waals surface area contributed by atoms with Crippen LogP contribution in [0, 0.1) is 23.1 Å². The lowest BCUT2D eigenvalue weighted by Crippen LogP contribution is -2.28. The quantitative estimate of drug-likeness (QED) is 0.900. The van der Waals surface area contributed by atoms with E-state index < -0.39 is 0 Å². The largest absolute Gasteiger partial charge is 0.323 e. The molecule has 1 heterocycles. The van der Waals surface area contributed by atoms with Crippen LogP contribution < -0.4 is 5.73 Å². The predicted molar refractivity (Wildman–Crippen MR) is 69.7 cm³/mol. The third kappa shape index (κ3) is 1.89. The number of imidazole rings is 1. The molecule has 0 aliphatic heterocycles. The molecule has 1 aromatic carbocycles. The first-order valence-corrected chi connectivity index (χ1v) is 6.42. The van der Waals surface area contributed by atoms with Crippen LogP contribution >= 0.6 is 0 Å². The number of nitriles is 1. The van der Waals surface area contributed by atoms with Gasteiger partial charge in [-0.1, -0.05) is 0 Å². The molecule has 98 valence electrons. The van der Waals surface area contributed by atoms with Gasteiger partial charge in [-0.25, -0.2) is 9.37 Å². The molecule has 1 aliphatic carbocycles. The molecular weight excluding hydrogens is 243 g/mol. The Bertz CT molecular complexity index is 662. The highest BCUT2D eigenvalue weighted by molar-refractivity contribution is 5.76. The maximum Gasteiger partial charge on any atom is 0.126 e. The van der Waals surface area contributed by atoms with Gasteiger partial charge in [0.1, 0.15) is 11.6 Å². The van der Waals surface area contributed by atoms with Crippen molar-refractivity contribution < 1.29 is 4.39 Å². The Morgan fingerprint density at radius 1 is 1.53 bits per heavy atom.